The molecular weight excluding hydrogens is 134 g/mol. The van der Waals surface area contributed by atoms with Gasteiger partial charge in [0.15, 0.2) is 0 Å². The molecule has 0 aromatic heterocycles. The molecule has 9 heavy (non-hydrogen) atoms. The molecule has 0 aromatic carbocycles. The van der Waals surface area contributed by atoms with Crippen LogP contribution in [0.5, 0.6) is 0 Å². The first-order valence-electron chi connectivity index (χ1n) is 3.02. The Morgan fingerprint density at radius 2 is 1.89 bits per heavy atom. The molecule has 0 saturated carbocycles. The van der Waals surface area contributed by atoms with E-state index in [1.54, 1.807) is 14.2 Å². The SMILES string of the molecule is CO[SiH](OC)C(C)CN. The molecule has 4 heteroatoms. The van der Waals surface area contributed by atoms with E-state index in [2.05, 4.69) is 0 Å². The molecule has 0 aliphatic rings. The van der Waals surface area contributed by atoms with E-state index in [-0.39, 0.29) is 0 Å². The van der Waals surface area contributed by atoms with Crippen molar-refractivity contribution in [2.24, 2.45) is 5.73 Å². The third-order valence-corrected chi connectivity index (χ3v) is 3.43. The minimum Gasteiger partial charge on any atom is -0.400 e. The number of hydrogen-bond donors (Lipinski definition) is 1. The van der Waals surface area contributed by atoms with Crippen molar-refractivity contribution >= 4 is 9.28 Å². The highest BCUT2D eigenvalue weighted by Crippen LogP contribution is 2.06. The van der Waals surface area contributed by atoms with Gasteiger partial charge in [0.05, 0.1) is 0 Å². The van der Waals surface area contributed by atoms with Gasteiger partial charge in [-0.15, -0.1) is 0 Å². The third kappa shape index (κ3) is 2.95. The van der Waals surface area contributed by atoms with Crippen molar-refractivity contribution in [3.05, 3.63) is 0 Å². The van der Waals surface area contributed by atoms with Gasteiger partial charge in [-0.3, -0.25) is 0 Å². The van der Waals surface area contributed by atoms with Crippen LogP contribution in [0, 0.1) is 0 Å². The van der Waals surface area contributed by atoms with E-state index in [1.807, 2.05) is 6.92 Å². The smallest absolute Gasteiger partial charge is 0.325 e. The standard InChI is InChI=1S/C5H15NO2Si/c1-5(4-6)9(7-2)8-3/h5,9H,4,6H2,1-3H3. The van der Waals surface area contributed by atoms with Crippen LogP contribution in [-0.2, 0) is 8.85 Å². The second-order valence-electron chi connectivity index (χ2n) is 2.05. The van der Waals surface area contributed by atoms with Crippen LogP contribution >= 0.6 is 0 Å². The maximum Gasteiger partial charge on any atom is 0.325 e. The van der Waals surface area contributed by atoms with Crippen LogP contribution < -0.4 is 5.73 Å². The quantitative estimate of drug-likeness (QED) is 0.565. The fourth-order valence-electron chi connectivity index (χ4n) is 0.672. The second-order valence-corrected chi connectivity index (χ2v) is 4.87. The van der Waals surface area contributed by atoms with Gasteiger partial charge < -0.3 is 14.6 Å². The van der Waals surface area contributed by atoms with Crippen molar-refractivity contribution in [2.75, 3.05) is 20.8 Å². The Kier molecular flexibility index (Phi) is 4.98. The van der Waals surface area contributed by atoms with E-state index in [4.69, 9.17) is 14.6 Å². The van der Waals surface area contributed by atoms with Crippen molar-refractivity contribution in [3.63, 3.8) is 0 Å². The van der Waals surface area contributed by atoms with Gasteiger partial charge in [0.2, 0.25) is 0 Å². The topological polar surface area (TPSA) is 44.5 Å². The fourth-order valence-corrected chi connectivity index (χ4v) is 2.02. The largest absolute Gasteiger partial charge is 0.400 e. The van der Waals surface area contributed by atoms with Crippen molar-refractivity contribution in [3.8, 4) is 0 Å². The maximum atomic E-state index is 5.40. The molecule has 2 N–H and O–H groups in total. The summed E-state index contributed by atoms with van der Waals surface area (Å²) in [7, 11) is 1.94. The van der Waals surface area contributed by atoms with Crippen molar-refractivity contribution in [1.29, 1.82) is 0 Å². The minimum atomic E-state index is -1.41. The van der Waals surface area contributed by atoms with Gasteiger partial charge in [-0.05, 0) is 6.54 Å². The zero-order valence-corrected chi connectivity index (χ0v) is 7.41. The molecule has 0 aromatic rings. The summed E-state index contributed by atoms with van der Waals surface area (Å²) < 4.78 is 10.2. The summed E-state index contributed by atoms with van der Waals surface area (Å²) in [4.78, 5) is 0. The lowest BCUT2D eigenvalue weighted by Gasteiger charge is -2.15. The summed E-state index contributed by atoms with van der Waals surface area (Å²) in [6.45, 7) is 2.70. The van der Waals surface area contributed by atoms with Gasteiger partial charge in [0, 0.05) is 19.8 Å². The Morgan fingerprint density at radius 1 is 1.44 bits per heavy atom. The first kappa shape index (κ1) is 9.10. The van der Waals surface area contributed by atoms with Crippen LogP contribution in [0.15, 0.2) is 0 Å². The summed E-state index contributed by atoms with van der Waals surface area (Å²) >= 11 is 0. The van der Waals surface area contributed by atoms with Crippen molar-refractivity contribution < 1.29 is 8.85 Å². The summed E-state index contributed by atoms with van der Waals surface area (Å²) in [5.74, 6) is 0. The van der Waals surface area contributed by atoms with E-state index >= 15 is 0 Å². The van der Waals surface area contributed by atoms with Gasteiger partial charge in [0.25, 0.3) is 0 Å². The molecule has 0 amide bonds. The third-order valence-electron chi connectivity index (χ3n) is 1.30. The van der Waals surface area contributed by atoms with Crippen LogP contribution in [0.2, 0.25) is 5.54 Å². The molecule has 0 aliphatic heterocycles. The normalized spacial score (nSPS) is 14.3. The monoisotopic (exact) mass is 149 g/mol. The molecule has 1 atom stereocenters. The van der Waals surface area contributed by atoms with E-state index in [0.29, 0.717) is 12.1 Å². The van der Waals surface area contributed by atoms with Gasteiger partial charge in [-0.1, -0.05) is 6.92 Å². The summed E-state index contributed by atoms with van der Waals surface area (Å²) in [5.41, 5.74) is 5.80. The molecular formula is C5H15NO2Si. The molecule has 0 spiro atoms. The van der Waals surface area contributed by atoms with Gasteiger partial charge in [-0.25, -0.2) is 0 Å². The van der Waals surface area contributed by atoms with Crippen LogP contribution in [0.3, 0.4) is 0 Å². The molecule has 0 saturated heterocycles. The lowest BCUT2D eigenvalue weighted by Crippen LogP contribution is -2.29. The predicted molar refractivity (Wildman–Crippen MR) is 39.6 cm³/mol. The number of hydrogen-bond acceptors (Lipinski definition) is 3. The van der Waals surface area contributed by atoms with Crippen molar-refractivity contribution in [1.82, 2.24) is 0 Å². The lowest BCUT2D eigenvalue weighted by atomic mass is 10.5. The summed E-state index contributed by atoms with van der Waals surface area (Å²) in [5, 5.41) is 0. The van der Waals surface area contributed by atoms with Gasteiger partial charge >= 0.3 is 9.28 Å². The van der Waals surface area contributed by atoms with Crippen LogP contribution in [0.4, 0.5) is 0 Å². The molecule has 0 aliphatic carbocycles. The maximum absolute atomic E-state index is 5.40. The molecule has 0 radical (unpaired) electrons. The molecule has 0 bridgehead atoms. The van der Waals surface area contributed by atoms with Gasteiger partial charge in [0.1, 0.15) is 0 Å². The van der Waals surface area contributed by atoms with E-state index in [0.717, 1.165) is 0 Å². The Balaban J connectivity index is 3.50. The van der Waals surface area contributed by atoms with Gasteiger partial charge in [-0.2, -0.15) is 0 Å². The van der Waals surface area contributed by atoms with E-state index in [1.165, 1.54) is 0 Å². The van der Waals surface area contributed by atoms with Crippen LogP contribution in [-0.4, -0.2) is 30.0 Å². The Morgan fingerprint density at radius 3 is 2.00 bits per heavy atom. The number of rotatable bonds is 4. The molecule has 56 valence electrons. The predicted octanol–water partition coefficient (Wildman–Crippen LogP) is -0.152. The van der Waals surface area contributed by atoms with Crippen LogP contribution in [0.25, 0.3) is 0 Å². The average Bonchev–Trinajstić information content (AvgIpc) is 1.90. The minimum absolute atomic E-state index is 0.403. The molecule has 3 nitrogen and oxygen atoms in total. The zero-order valence-electron chi connectivity index (χ0n) is 6.26. The molecule has 1 unspecified atom stereocenters. The summed E-state index contributed by atoms with van der Waals surface area (Å²) in [6, 6.07) is 0. The van der Waals surface area contributed by atoms with Crippen LogP contribution in [0.1, 0.15) is 6.92 Å². The molecule has 0 heterocycles. The Labute approximate surface area is 58.0 Å². The zero-order chi connectivity index (χ0) is 7.28. The fraction of sp³-hybridized carbons (Fsp3) is 1.00. The summed E-state index contributed by atoms with van der Waals surface area (Å²) in [6.07, 6.45) is 0. The van der Waals surface area contributed by atoms with E-state index < -0.39 is 9.28 Å². The Hall–Kier alpha value is 0.0969. The highest BCUT2D eigenvalue weighted by Gasteiger charge is 2.17. The van der Waals surface area contributed by atoms with Crippen molar-refractivity contribution in [2.45, 2.75) is 12.5 Å². The first-order chi connectivity index (χ1) is 4.26. The lowest BCUT2D eigenvalue weighted by molar-refractivity contribution is 0.268. The van der Waals surface area contributed by atoms with E-state index in [9.17, 15) is 0 Å². The highest BCUT2D eigenvalue weighted by molar-refractivity contribution is 6.46. The number of nitrogens with two attached hydrogens (primary N) is 1. The highest BCUT2D eigenvalue weighted by atomic mass is 28.3. The average molecular weight is 149 g/mol. The second kappa shape index (κ2) is 4.93. The first-order valence-corrected chi connectivity index (χ1v) is 4.62. The molecule has 0 fully saturated rings. The Bertz CT molecular complexity index is 68.0. The molecule has 0 rings (SSSR count).